The van der Waals surface area contributed by atoms with Crippen molar-refractivity contribution >= 4 is 5.69 Å². The van der Waals surface area contributed by atoms with Crippen LogP contribution >= 0.6 is 0 Å². The average molecular weight is 247 g/mol. The van der Waals surface area contributed by atoms with Crippen LogP contribution in [0.15, 0.2) is 24.7 Å². The maximum absolute atomic E-state index is 8.73. The fraction of sp³-hybridized carbons (Fsp3) is 0.417. The minimum absolute atomic E-state index is 0.169. The lowest BCUT2D eigenvalue weighted by Crippen LogP contribution is -2.01. The van der Waals surface area contributed by atoms with Crippen LogP contribution < -0.4 is 5.32 Å². The number of hydrogen-bond donors (Lipinski definition) is 2. The number of rotatable bonds is 6. The van der Waals surface area contributed by atoms with Gasteiger partial charge < -0.3 is 10.4 Å². The summed E-state index contributed by atoms with van der Waals surface area (Å²) < 4.78 is 1.74. The predicted octanol–water partition coefficient (Wildman–Crippen LogP) is 0.976. The second kappa shape index (κ2) is 6.11. The van der Waals surface area contributed by atoms with E-state index in [9.17, 15) is 0 Å². The van der Waals surface area contributed by atoms with E-state index in [4.69, 9.17) is 5.11 Å². The lowest BCUT2D eigenvalue weighted by molar-refractivity contribution is 0.276. The van der Waals surface area contributed by atoms with Gasteiger partial charge in [-0.2, -0.15) is 0 Å². The van der Waals surface area contributed by atoms with Gasteiger partial charge in [-0.25, -0.2) is 0 Å². The molecule has 2 aromatic rings. The van der Waals surface area contributed by atoms with Crippen LogP contribution in [0, 0.1) is 6.92 Å². The van der Waals surface area contributed by atoms with E-state index in [1.165, 1.54) is 0 Å². The molecule has 0 aromatic carbocycles. The van der Waals surface area contributed by atoms with Gasteiger partial charge in [0.05, 0.1) is 18.4 Å². The summed E-state index contributed by atoms with van der Waals surface area (Å²) in [5.41, 5.74) is 2.96. The van der Waals surface area contributed by atoms with Crippen LogP contribution in [0.4, 0.5) is 5.69 Å². The maximum atomic E-state index is 8.73. The number of nitrogens with zero attached hydrogens (tertiary/aromatic N) is 4. The molecule has 0 fully saturated rings. The summed E-state index contributed by atoms with van der Waals surface area (Å²) in [5.74, 6) is 0. The highest BCUT2D eigenvalue weighted by molar-refractivity contribution is 5.42. The Kier molecular flexibility index (Phi) is 4.25. The van der Waals surface area contributed by atoms with E-state index in [0.717, 1.165) is 16.9 Å². The molecular formula is C12H17N5O. The Morgan fingerprint density at radius 1 is 1.39 bits per heavy atom. The van der Waals surface area contributed by atoms with Crippen molar-refractivity contribution in [2.45, 2.75) is 26.4 Å². The third-order valence-corrected chi connectivity index (χ3v) is 2.48. The molecule has 0 radical (unpaired) electrons. The summed E-state index contributed by atoms with van der Waals surface area (Å²) in [4.78, 5) is 4.11. The molecule has 0 atom stereocenters. The van der Waals surface area contributed by atoms with Gasteiger partial charge in [0.25, 0.3) is 0 Å². The molecule has 0 saturated carbocycles. The first-order valence-corrected chi connectivity index (χ1v) is 5.93. The van der Waals surface area contributed by atoms with Gasteiger partial charge in [0.15, 0.2) is 0 Å². The Morgan fingerprint density at radius 2 is 2.28 bits per heavy atom. The van der Waals surface area contributed by atoms with E-state index in [1.807, 2.05) is 25.4 Å². The molecule has 18 heavy (non-hydrogen) atoms. The highest BCUT2D eigenvalue weighted by atomic mass is 16.3. The molecule has 0 aliphatic heterocycles. The number of nitrogens with one attached hydrogen (secondary N) is 1. The Balaban J connectivity index is 1.88. The summed E-state index contributed by atoms with van der Waals surface area (Å²) >= 11 is 0. The first-order valence-electron chi connectivity index (χ1n) is 5.93. The molecule has 0 aliphatic carbocycles. The Labute approximate surface area is 106 Å². The van der Waals surface area contributed by atoms with Crippen molar-refractivity contribution in [3.05, 3.63) is 35.9 Å². The zero-order valence-corrected chi connectivity index (χ0v) is 10.4. The van der Waals surface area contributed by atoms with Gasteiger partial charge in [0.1, 0.15) is 5.69 Å². The molecule has 6 nitrogen and oxygen atoms in total. The van der Waals surface area contributed by atoms with Crippen molar-refractivity contribution in [2.24, 2.45) is 0 Å². The summed E-state index contributed by atoms with van der Waals surface area (Å²) in [7, 11) is 0. The molecule has 0 spiro atoms. The van der Waals surface area contributed by atoms with Gasteiger partial charge in [-0.3, -0.25) is 9.67 Å². The smallest absolute Gasteiger partial charge is 0.102 e. The summed E-state index contributed by atoms with van der Waals surface area (Å²) in [5, 5.41) is 20.0. The number of aryl methyl sites for hydroxylation is 2. The SMILES string of the molecule is Cc1cncc(NCc2cn(CCCO)nn2)c1. The van der Waals surface area contributed by atoms with Gasteiger partial charge >= 0.3 is 0 Å². The summed E-state index contributed by atoms with van der Waals surface area (Å²) in [6, 6.07) is 2.03. The van der Waals surface area contributed by atoms with Crippen LogP contribution in [0.1, 0.15) is 17.7 Å². The van der Waals surface area contributed by atoms with Gasteiger partial charge in [-0.15, -0.1) is 5.10 Å². The zero-order valence-electron chi connectivity index (χ0n) is 10.4. The first kappa shape index (κ1) is 12.5. The van der Waals surface area contributed by atoms with Crippen LogP contribution in [0.3, 0.4) is 0 Å². The molecule has 6 heteroatoms. The van der Waals surface area contributed by atoms with Gasteiger partial charge in [-0.1, -0.05) is 5.21 Å². The molecule has 2 heterocycles. The average Bonchev–Trinajstić information content (AvgIpc) is 2.82. The largest absolute Gasteiger partial charge is 0.396 e. The Morgan fingerprint density at radius 3 is 3.06 bits per heavy atom. The Hall–Kier alpha value is -1.95. The molecule has 96 valence electrons. The van der Waals surface area contributed by atoms with Crippen molar-refractivity contribution in [3.63, 3.8) is 0 Å². The molecular weight excluding hydrogens is 230 g/mol. The Bertz CT molecular complexity index is 497. The van der Waals surface area contributed by atoms with E-state index in [2.05, 4.69) is 20.6 Å². The predicted molar refractivity (Wildman–Crippen MR) is 68.0 cm³/mol. The van der Waals surface area contributed by atoms with Crippen molar-refractivity contribution in [3.8, 4) is 0 Å². The third kappa shape index (κ3) is 3.53. The second-order valence-electron chi connectivity index (χ2n) is 4.15. The minimum atomic E-state index is 0.169. The van der Waals surface area contributed by atoms with Gasteiger partial charge in [0, 0.05) is 25.5 Å². The molecule has 2 aromatic heterocycles. The van der Waals surface area contributed by atoms with Crippen LogP contribution in [-0.2, 0) is 13.1 Å². The lowest BCUT2D eigenvalue weighted by atomic mass is 10.3. The molecule has 0 saturated heterocycles. The number of aliphatic hydroxyl groups is 1. The number of pyridine rings is 1. The molecule has 0 bridgehead atoms. The van der Waals surface area contributed by atoms with E-state index in [0.29, 0.717) is 19.5 Å². The number of aliphatic hydroxyl groups excluding tert-OH is 1. The minimum Gasteiger partial charge on any atom is -0.396 e. The van der Waals surface area contributed by atoms with E-state index in [-0.39, 0.29) is 6.61 Å². The summed E-state index contributed by atoms with van der Waals surface area (Å²) in [6.07, 6.45) is 6.17. The molecule has 0 aliphatic rings. The standard InChI is InChI=1S/C12H17N5O/c1-10-5-11(7-13-6-10)14-8-12-9-17(16-15-12)3-2-4-18/h5-7,9,14,18H,2-4,8H2,1H3. The fourth-order valence-corrected chi connectivity index (χ4v) is 1.61. The van der Waals surface area contributed by atoms with Crippen LogP contribution in [0.25, 0.3) is 0 Å². The molecule has 0 amide bonds. The highest BCUT2D eigenvalue weighted by Crippen LogP contribution is 2.08. The number of hydrogen-bond acceptors (Lipinski definition) is 5. The van der Waals surface area contributed by atoms with E-state index >= 15 is 0 Å². The fourth-order valence-electron chi connectivity index (χ4n) is 1.61. The lowest BCUT2D eigenvalue weighted by Gasteiger charge is -2.03. The number of aromatic nitrogens is 4. The summed E-state index contributed by atoms with van der Waals surface area (Å²) in [6.45, 7) is 3.48. The van der Waals surface area contributed by atoms with Gasteiger partial charge in [-0.05, 0) is 25.0 Å². The highest BCUT2D eigenvalue weighted by Gasteiger charge is 2.01. The maximum Gasteiger partial charge on any atom is 0.102 e. The van der Waals surface area contributed by atoms with Crippen molar-refractivity contribution in [1.82, 2.24) is 20.0 Å². The van der Waals surface area contributed by atoms with Crippen LogP contribution in [-0.4, -0.2) is 31.7 Å². The first-order chi connectivity index (χ1) is 8.78. The van der Waals surface area contributed by atoms with Crippen LogP contribution in [0.2, 0.25) is 0 Å². The van der Waals surface area contributed by atoms with Crippen LogP contribution in [0.5, 0.6) is 0 Å². The monoisotopic (exact) mass is 247 g/mol. The quantitative estimate of drug-likeness (QED) is 0.795. The molecule has 2 N–H and O–H groups in total. The second-order valence-corrected chi connectivity index (χ2v) is 4.15. The van der Waals surface area contributed by atoms with E-state index < -0.39 is 0 Å². The normalized spacial score (nSPS) is 10.6. The van der Waals surface area contributed by atoms with Crippen molar-refractivity contribution < 1.29 is 5.11 Å². The molecule has 0 unspecified atom stereocenters. The number of anilines is 1. The van der Waals surface area contributed by atoms with Crippen molar-refractivity contribution in [1.29, 1.82) is 0 Å². The molecule has 2 rings (SSSR count). The van der Waals surface area contributed by atoms with Gasteiger partial charge in [0.2, 0.25) is 0 Å². The zero-order chi connectivity index (χ0) is 12.8. The van der Waals surface area contributed by atoms with Crippen molar-refractivity contribution in [2.75, 3.05) is 11.9 Å². The third-order valence-electron chi connectivity index (χ3n) is 2.48. The van der Waals surface area contributed by atoms with E-state index in [1.54, 1.807) is 10.9 Å². The topological polar surface area (TPSA) is 75.9 Å².